The third-order valence-electron chi connectivity index (χ3n) is 2.35. The molecule has 0 bridgehead atoms. The number of carboxylic acid groups (broad SMARTS) is 1. The minimum atomic E-state index is -1.06. The van der Waals surface area contributed by atoms with Gasteiger partial charge in [-0.1, -0.05) is 20.8 Å². The van der Waals surface area contributed by atoms with Crippen LogP contribution in [0.4, 0.5) is 0 Å². The minimum absolute atomic E-state index is 0.123. The number of furan rings is 1. The topological polar surface area (TPSA) is 79.5 Å². The molecule has 2 N–H and O–H groups in total. The maximum absolute atomic E-state index is 11.8. The molecule has 0 saturated heterocycles. The van der Waals surface area contributed by atoms with Crippen LogP contribution in [-0.4, -0.2) is 23.0 Å². The monoisotopic (exact) mass is 239 g/mol. The summed E-state index contributed by atoms with van der Waals surface area (Å²) in [6.07, 6.45) is 0. The molecule has 0 saturated carbocycles. The molecule has 1 heterocycles. The molecule has 0 fully saturated rings. The quantitative estimate of drug-likeness (QED) is 0.843. The smallest absolute Gasteiger partial charge is 0.326 e. The number of amides is 1. The van der Waals surface area contributed by atoms with Crippen molar-refractivity contribution in [1.29, 1.82) is 0 Å². The molecule has 0 aliphatic heterocycles. The number of aliphatic carboxylic acids is 1. The van der Waals surface area contributed by atoms with Crippen molar-refractivity contribution in [3.05, 3.63) is 23.7 Å². The Morgan fingerprint density at radius 3 is 2.29 bits per heavy atom. The van der Waals surface area contributed by atoms with E-state index in [1.807, 2.05) is 0 Å². The van der Waals surface area contributed by atoms with Crippen molar-refractivity contribution < 1.29 is 19.1 Å². The maximum atomic E-state index is 11.8. The van der Waals surface area contributed by atoms with Crippen molar-refractivity contribution in [2.45, 2.75) is 33.7 Å². The number of hydrogen-bond acceptors (Lipinski definition) is 3. The Labute approximate surface area is 99.8 Å². The molecular formula is C12H17NO4. The highest BCUT2D eigenvalue weighted by atomic mass is 16.4. The minimum Gasteiger partial charge on any atom is -0.480 e. The normalized spacial score (nSPS) is 13.2. The van der Waals surface area contributed by atoms with Crippen LogP contribution in [0.3, 0.4) is 0 Å². The lowest BCUT2D eigenvalue weighted by atomic mass is 9.87. The van der Waals surface area contributed by atoms with Gasteiger partial charge >= 0.3 is 5.97 Å². The van der Waals surface area contributed by atoms with Gasteiger partial charge in [-0.3, -0.25) is 4.79 Å². The third-order valence-corrected chi connectivity index (χ3v) is 2.35. The first-order valence-corrected chi connectivity index (χ1v) is 5.32. The lowest BCUT2D eigenvalue weighted by Crippen LogP contribution is -2.49. The fraction of sp³-hybridized carbons (Fsp3) is 0.500. The van der Waals surface area contributed by atoms with Crippen LogP contribution in [0, 0.1) is 12.3 Å². The van der Waals surface area contributed by atoms with Gasteiger partial charge in [0, 0.05) is 0 Å². The van der Waals surface area contributed by atoms with Crippen molar-refractivity contribution in [2.24, 2.45) is 5.41 Å². The second-order valence-electron chi connectivity index (χ2n) is 5.02. The molecule has 1 amide bonds. The number of carboxylic acids is 1. The molecule has 0 aliphatic rings. The number of hydrogen-bond donors (Lipinski definition) is 2. The predicted octanol–water partition coefficient (Wildman–Crippen LogP) is 1.82. The number of carbonyl (C=O) groups is 2. The average molecular weight is 239 g/mol. The first-order chi connectivity index (χ1) is 7.71. The Morgan fingerprint density at radius 1 is 1.35 bits per heavy atom. The summed E-state index contributed by atoms with van der Waals surface area (Å²) >= 11 is 0. The van der Waals surface area contributed by atoms with Crippen LogP contribution < -0.4 is 5.32 Å². The van der Waals surface area contributed by atoms with Crippen LogP contribution in [0.5, 0.6) is 0 Å². The summed E-state index contributed by atoms with van der Waals surface area (Å²) in [5.41, 5.74) is -0.566. The van der Waals surface area contributed by atoms with Crippen LogP contribution >= 0.6 is 0 Å². The molecule has 0 spiro atoms. The van der Waals surface area contributed by atoms with E-state index >= 15 is 0 Å². The molecule has 1 atom stereocenters. The Kier molecular flexibility index (Phi) is 3.60. The molecule has 17 heavy (non-hydrogen) atoms. The third kappa shape index (κ3) is 3.34. The number of rotatable bonds is 3. The largest absolute Gasteiger partial charge is 0.480 e. The molecule has 1 rings (SSSR count). The van der Waals surface area contributed by atoms with Crippen LogP contribution in [0.15, 0.2) is 16.5 Å². The lowest BCUT2D eigenvalue weighted by Gasteiger charge is -2.27. The first kappa shape index (κ1) is 13.3. The van der Waals surface area contributed by atoms with Gasteiger partial charge in [0.1, 0.15) is 11.8 Å². The molecule has 5 heteroatoms. The van der Waals surface area contributed by atoms with Crippen molar-refractivity contribution in [3.8, 4) is 0 Å². The van der Waals surface area contributed by atoms with E-state index in [9.17, 15) is 9.59 Å². The summed E-state index contributed by atoms with van der Waals surface area (Å²) in [5.74, 6) is -0.842. The summed E-state index contributed by atoms with van der Waals surface area (Å²) in [4.78, 5) is 22.8. The Bertz CT molecular complexity index is 428. The molecule has 1 aromatic heterocycles. The van der Waals surface area contributed by atoms with Gasteiger partial charge in [-0.2, -0.15) is 0 Å². The summed E-state index contributed by atoms with van der Waals surface area (Å²) in [6.45, 7) is 6.97. The molecule has 1 aromatic rings. The Morgan fingerprint density at radius 2 is 1.94 bits per heavy atom. The Balaban J connectivity index is 2.82. The SMILES string of the molecule is Cc1ccc(C(=O)N[C@@H](C(=O)O)C(C)(C)C)o1. The van der Waals surface area contributed by atoms with Crippen molar-refractivity contribution in [1.82, 2.24) is 5.32 Å². The molecule has 5 nitrogen and oxygen atoms in total. The van der Waals surface area contributed by atoms with Gasteiger partial charge in [-0.25, -0.2) is 4.79 Å². The lowest BCUT2D eigenvalue weighted by molar-refractivity contribution is -0.142. The fourth-order valence-corrected chi connectivity index (χ4v) is 1.41. The number of aryl methyl sites for hydroxylation is 1. The first-order valence-electron chi connectivity index (χ1n) is 5.32. The van der Waals surface area contributed by atoms with Gasteiger partial charge < -0.3 is 14.8 Å². The van der Waals surface area contributed by atoms with Crippen molar-refractivity contribution >= 4 is 11.9 Å². The van der Waals surface area contributed by atoms with E-state index in [1.165, 1.54) is 6.07 Å². The standard InChI is InChI=1S/C12H17NO4/c1-7-5-6-8(17-7)10(14)13-9(11(15)16)12(2,3)4/h5-6,9H,1-4H3,(H,13,14)(H,15,16)/t9-/m0/s1. The zero-order valence-electron chi connectivity index (χ0n) is 10.4. The van der Waals surface area contributed by atoms with Crippen molar-refractivity contribution in [3.63, 3.8) is 0 Å². The van der Waals surface area contributed by atoms with Crippen LogP contribution in [0.2, 0.25) is 0 Å². The summed E-state index contributed by atoms with van der Waals surface area (Å²) < 4.78 is 5.13. The summed E-state index contributed by atoms with van der Waals surface area (Å²) in [7, 11) is 0. The van der Waals surface area contributed by atoms with E-state index < -0.39 is 23.3 Å². The van der Waals surface area contributed by atoms with E-state index in [-0.39, 0.29) is 5.76 Å². The molecular weight excluding hydrogens is 222 g/mol. The zero-order valence-corrected chi connectivity index (χ0v) is 10.4. The molecule has 94 valence electrons. The van der Waals surface area contributed by atoms with Gasteiger partial charge in [0.15, 0.2) is 5.76 Å². The van der Waals surface area contributed by atoms with E-state index in [0.29, 0.717) is 5.76 Å². The van der Waals surface area contributed by atoms with E-state index in [2.05, 4.69) is 5.32 Å². The molecule has 0 aliphatic carbocycles. The second kappa shape index (κ2) is 4.61. The van der Waals surface area contributed by atoms with Crippen LogP contribution in [0.1, 0.15) is 37.1 Å². The Hall–Kier alpha value is -1.78. The summed E-state index contributed by atoms with van der Waals surface area (Å²) in [5, 5.41) is 11.5. The van der Waals surface area contributed by atoms with E-state index in [4.69, 9.17) is 9.52 Å². The van der Waals surface area contributed by atoms with E-state index in [0.717, 1.165) is 0 Å². The van der Waals surface area contributed by atoms with Gasteiger partial charge in [0.05, 0.1) is 0 Å². The van der Waals surface area contributed by atoms with Gasteiger partial charge in [-0.15, -0.1) is 0 Å². The second-order valence-corrected chi connectivity index (χ2v) is 5.02. The van der Waals surface area contributed by atoms with Gasteiger partial charge in [0.25, 0.3) is 5.91 Å². The summed E-state index contributed by atoms with van der Waals surface area (Å²) in [6, 6.07) is 2.22. The average Bonchev–Trinajstić information content (AvgIpc) is 2.58. The number of nitrogens with one attached hydrogen (secondary N) is 1. The van der Waals surface area contributed by atoms with Crippen LogP contribution in [-0.2, 0) is 4.79 Å². The molecule has 0 radical (unpaired) electrons. The van der Waals surface area contributed by atoms with E-state index in [1.54, 1.807) is 33.8 Å². The van der Waals surface area contributed by atoms with Crippen molar-refractivity contribution in [2.75, 3.05) is 0 Å². The highest BCUT2D eigenvalue weighted by Gasteiger charge is 2.33. The molecule has 0 aromatic carbocycles. The van der Waals surface area contributed by atoms with Gasteiger partial charge in [-0.05, 0) is 24.5 Å². The maximum Gasteiger partial charge on any atom is 0.326 e. The molecule has 0 unspecified atom stereocenters. The highest BCUT2D eigenvalue weighted by Crippen LogP contribution is 2.20. The number of carbonyl (C=O) groups excluding carboxylic acids is 1. The predicted molar refractivity (Wildman–Crippen MR) is 61.8 cm³/mol. The van der Waals surface area contributed by atoms with Gasteiger partial charge in [0.2, 0.25) is 0 Å². The zero-order chi connectivity index (χ0) is 13.2. The highest BCUT2D eigenvalue weighted by molar-refractivity contribution is 5.94. The fourth-order valence-electron chi connectivity index (χ4n) is 1.41. The van der Waals surface area contributed by atoms with Crippen LogP contribution in [0.25, 0.3) is 0 Å².